The third kappa shape index (κ3) is 1.78. The fourth-order valence-corrected chi connectivity index (χ4v) is 4.25. The van der Waals surface area contributed by atoms with E-state index >= 15 is 0 Å². The molecule has 0 amide bonds. The molecule has 3 aromatic heterocycles. The van der Waals surface area contributed by atoms with Crippen LogP contribution in [0.25, 0.3) is 31.4 Å². The van der Waals surface area contributed by atoms with Crippen molar-refractivity contribution in [3.8, 4) is 21.3 Å². The molecular weight excluding hydrogens is 288 g/mol. The predicted molar refractivity (Wildman–Crippen MR) is 83.2 cm³/mol. The zero-order valence-electron chi connectivity index (χ0n) is 10.7. The third-order valence-electron chi connectivity index (χ3n) is 3.23. The van der Waals surface area contributed by atoms with Crippen LogP contribution in [0.15, 0.2) is 46.4 Å². The molecule has 0 aliphatic carbocycles. The molecule has 5 heteroatoms. The van der Waals surface area contributed by atoms with Gasteiger partial charge in [-0.05, 0) is 23.9 Å². The maximum atomic E-state index is 5.16. The average molecular weight is 298 g/mol. The summed E-state index contributed by atoms with van der Waals surface area (Å²) in [5, 5.41) is 7.98. The lowest BCUT2D eigenvalue weighted by atomic mass is 10.1. The van der Waals surface area contributed by atoms with E-state index in [1.807, 2.05) is 6.07 Å². The highest BCUT2D eigenvalue weighted by Crippen LogP contribution is 2.39. The topological polar surface area (TPSA) is 38.9 Å². The number of rotatable bonds is 2. The maximum Gasteiger partial charge on any atom is 0.195 e. The smallest absolute Gasteiger partial charge is 0.195 e. The summed E-state index contributed by atoms with van der Waals surface area (Å²) in [6.45, 7) is 2.15. The van der Waals surface area contributed by atoms with E-state index in [-0.39, 0.29) is 0 Å². The number of fused-ring (bicyclic) bond motifs is 1. The number of hydrogen-bond acceptors (Lipinski definition) is 5. The van der Waals surface area contributed by atoms with E-state index in [1.54, 1.807) is 28.9 Å². The first-order chi connectivity index (χ1) is 9.83. The van der Waals surface area contributed by atoms with Gasteiger partial charge in [0.2, 0.25) is 0 Å². The van der Waals surface area contributed by atoms with Crippen molar-refractivity contribution in [1.29, 1.82) is 0 Å². The summed E-state index contributed by atoms with van der Waals surface area (Å²) < 4.78 is 6.46. The molecule has 3 nitrogen and oxygen atoms in total. The van der Waals surface area contributed by atoms with Crippen LogP contribution in [0.2, 0.25) is 0 Å². The fraction of sp³-hybridized carbons (Fsp3) is 0.0667. The summed E-state index contributed by atoms with van der Waals surface area (Å²) in [6, 6.07) is 10.3. The highest BCUT2D eigenvalue weighted by Gasteiger charge is 2.14. The fourth-order valence-electron chi connectivity index (χ4n) is 2.24. The van der Waals surface area contributed by atoms with Gasteiger partial charge in [0.15, 0.2) is 10.8 Å². The molecule has 0 aliphatic rings. The van der Waals surface area contributed by atoms with Gasteiger partial charge in [-0.3, -0.25) is 0 Å². The summed E-state index contributed by atoms with van der Waals surface area (Å²) in [7, 11) is 0. The average Bonchev–Trinajstić information content (AvgIpc) is 3.17. The lowest BCUT2D eigenvalue weighted by Gasteiger charge is -1.93. The molecular formula is C15H10N2OS2. The van der Waals surface area contributed by atoms with E-state index in [1.165, 1.54) is 20.5 Å². The second-order valence-corrected chi connectivity index (χ2v) is 6.38. The first-order valence-corrected chi connectivity index (χ1v) is 7.87. The van der Waals surface area contributed by atoms with E-state index in [0.29, 0.717) is 0 Å². The van der Waals surface area contributed by atoms with Crippen molar-refractivity contribution in [1.82, 2.24) is 10.1 Å². The molecule has 98 valence electrons. The van der Waals surface area contributed by atoms with Crippen molar-refractivity contribution in [2.24, 2.45) is 0 Å². The van der Waals surface area contributed by atoms with Crippen LogP contribution >= 0.6 is 22.7 Å². The SMILES string of the molecule is Cc1c(-c2csc(-c3ccno3)n2)sc2ccccc12. The number of hydrogen-bond donors (Lipinski definition) is 0. The summed E-state index contributed by atoms with van der Waals surface area (Å²) in [4.78, 5) is 5.90. The molecule has 0 bridgehead atoms. The van der Waals surface area contributed by atoms with Crippen LogP contribution < -0.4 is 0 Å². The van der Waals surface area contributed by atoms with E-state index in [0.717, 1.165) is 16.5 Å². The Morgan fingerprint density at radius 2 is 2.05 bits per heavy atom. The van der Waals surface area contributed by atoms with Gasteiger partial charge in [-0.15, -0.1) is 22.7 Å². The number of thiazole rings is 1. The molecule has 0 saturated heterocycles. The molecule has 1 aromatic carbocycles. The van der Waals surface area contributed by atoms with Crippen molar-refractivity contribution in [3.63, 3.8) is 0 Å². The van der Waals surface area contributed by atoms with Crippen LogP contribution in [0.1, 0.15) is 5.56 Å². The summed E-state index contributed by atoms with van der Waals surface area (Å²) in [6.07, 6.45) is 1.64. The van der Waals surface area contributed by atoms with Gasteiger partial charge in [-0.2, -0.15) is 0 Å². The van der Waals surface area contributed by atoms with Gasteiger partial charge in [-0.1, -0.05) is 23.4 Å². The van der Waals surface area contributed by atoms with E-state index in [9.17, 15) is 0 Å². The number of aromatic nitrogens is 2. The Morgan fingerprint density at radius 1 is 1.15 bits per heavy atom. The lowest BCUT2D eigenvalue weighted by Crippen LogP contribution is -1.77. The highest BCUT2D eigenvalue weighted by molar-refractivity contribution is 7.22. The Hall–Kier alpha value is -1.98. The monoisotopic (exact) mass is 298 g/mol. The molecule has 0 fully saturated rings. The van der Waals surface area contributed by atoms with Crippen molar-refractivity contribution in [3.05, 3.63) is 47.5 Å². The van der Waals surface area contributed by atoms with Gasteiger partial charge >= 0.3 is 0 Å². The largest absolute Gasteiger partial charge is 0.354 e. The van der Waals surface area contributed by atoms with Gasteiger partial charge in [0.25, 0.3) is 0 Å². The van der Waals surface area contributed by atoms with Crippen molar-refractivity contribution < 1.29 is 4.52 Å². The molecule has 0 saturated carbocycles. The number of nitrogens with zero attached hydrogens (tertiary/aromatic N) is 2. The predicted octanol–water partition coefficient (Wildman–Crippen LogP) is 4.99. The Bertz CT molecular complexity index is 874. The molecule has 0 aliphatic heterocycles. The van der Waals surface area contributed by atoms with E-state index < -0.39 is 0 Å². The number of thiophene rings is 1. The minimum atomic E-state index is 0.722. The molecule has 0 unspecified atom stereocenters. The third-order valence-corrected chi connectivity index (χ3v) is 5.38. The van der Waals surface area contributed by atoms with Crippen molar-refractivity contribution in [2.45, 2.75) is 6.92 Å². The van der Waals surface area contributed by atoms with Crippen molar-refractivity contribution in [2.75, 3.05) is 0 Å². The first-order valence-electron chi connectivity index (χ1n) is 6.18. The molecule has 4 aromatic rings. The van der Waals surface area contributed by atoms with Crippen LogP contribution in [-0.2, 0) is 0 Å². The van der Waals surface area contributed by atoms with E-state index in [4.69, 9.17) is 4.52 Å². The molecule has 20 heavy (non-hydrogen) atoms. The Balaban J connectivity index is 1.85. The van der Waals surface area contributed by atoms with Gasteiger partial charge < -0.3 is 4.52 Å². The quantitative estimate of drug-likeness (QED) is 0.523. The van der Waals surface area contributed by atoms with Gasteiger partial charge in [0, 0.05) is 16.1 Å². The van der Waals surface area contributed by atoms with Gasteiger partial charge in [0.1, 0.15) is 0 Å². The van der Waals surface area contributed by atoms with Crippen molar-refractivity contribution >= 4 is 32.8 Å². The summed E-state index contributed by atoms with van der Waals surface area (Å²) in [5.74, 6) is 0.722. The minimum Gasteiger partial charge on any atom is -0.354 e. The minimum absolute atomic E-state index is 0.722. The highest BCUT2D eigenvalue weighted by atomic mass is 32.1. The summed E-state index contributed by atoms with van der Waals surface area (Å²) in [5.41, 5.74) is 2.31. The second-order valence-electron chi connectivity index (χ2n) is 4.47. The molecule has 0 radical (unpaired) electrons. The molecule has 0 atom stereocenters. The Labute approximate surface area is 123 Å². The molecule has 4 rings (SSSR count). The Morgan fingerprint density at radius 3 is 2.85 bits per heavy atom. The number of aryl methyl sites for hydroxylation is 1. The van der Waals surface area contributed by atoms with Crippen LogP contribution in [0.4, 0.5) is 0 Å². The van der Waals surface area contributed by atoms with Crippen LogP contribution in [-0.4, -0.2) is 10.1 Å². The Kier molecular flexibility index (Phi) is 2.68. The maximum absolute atomic E-state index is 5.16. The standard InChI is InChI=1S/C15H10N2OS2/c1-9-10-4-2-3-5-13(10)20-14(9)11-8-19-15(17-11)12-6-7-16-18-12/h2-8H,1H3. The first kappa shape index (κ1) is 11.8. The zero-order valence-corrected chi connectivity index (χ0v) is 12.3. The summed E-state index contributed by atoms with van der Waals surface area (Å²) >= 11 is 3.37. The molecule has 0 N–H and O–H groups in total. The lowest BCUT2D eigenvalue weighted by molar-refractivity contribution is 0.432. The zero-order chi connectivity index (χ0) is 13.5. The van der Waals surface area contributed by atoms with Crippen LogP contribution in [0.5, 0.6) is 0 Å². The van der Waals surface area contributed by atoms with Crippen LogP contribution in [0, 0.1) is 6.92 Å². The van der Waals surface area contributed by atoms with E-state index in [2.05, 4.69) is 46.7 Å². The molecule has 3 heterocycles. The van der Waals surface area contributed by atoms with Crippen LogP contribution in [0.3, 0.4) is 0 Å². The number of benzene rings is 1. The second kappa shape index (κ2) is 4.54. The van der Waals surface area contributed by atoms with Gasteiger partial charge in [-0.25, -0.2) is 4.98 Å². The van der Waals surface area contributed by atoms with Gasteiger partial charge in [0.05, 0.1) is 16.8 Å². The normalized spacial score (nSPS) is 11.2. The molecule has 0 spiro atoms.